The summed E-state index contributed by atoms with van der Waals surface area (Å²) in [6.07, 6.45) is 0.614. The Morgan fingerprint density at radius 2 is 2.14 bits per heavy atom. The molecule has 0 radical (unpaired) electrons. The Bertz CT molecular complexity index is 741. The highest BCUT2D eigenvalue weighted by Crippen LogP contribution is 2.12. The number of aryl methyl sites for hydroxylation is 2. The molecule has 0 unspecified atom stereocenters. The summed E-state index contributed by atoms with van der Waals surface area (Å²) in [6.45, 7) is 4.17. The Morgan fingerprint density at radius 3 is 2.67 bits per heavy atom. The summed E-state index contributed by atoms with van der Waals surface area (Å²) in [7, 11) is -3.94. The average Bonchev–Trinajstić information content (AvgIpc) is 2.99. The predicted octanol–water partition coefficient (Wildman–Crippen LogP) is 0.239. The fraction of sp³-hybridized carbons (Fsp3) is 0.333. The van der Waals surface area contributed by atoms with Crippen molar-refractivity contribution in [2.24, 2.45) is 5.14 Å². The van der Waals surface area contributed by atoms with E-state index in [0.717, 1.165) is 23.0 Å². The van der Waals surface area contributed by atoms with Crippen LogP contribution in [0.5, 0.6) is 0 Å². The minimum absolute atomic E-state index is 0.0975. The quantitative estimate of drug-likeness (QED) is 0.727. The van der Waals surface area contributed by atoms with Gasteiger partial charge in [0, 0.05) is 12.2 Å². The summed E-state index contributed by atoms with van der Waals surface area (Å²) >= 11 is 0. The number of furan rings is 1. The van der Waals surface area contributed by atoms with Crippen LogP contribution in [0.2, 0.25) is 0 Å². The van der Waals surface area contributed by atoms with E-state index in [9.17, 15) is 13.2 Å². The van der Waals surface area contributed by atoms with Gasteiger partial charge in [0.05, 0.1) is 5.69 Å². The van der Waals surface area contributed by atoms with E-state index in [1.807, 2.05) is 13.8 Å². The maximum atomic E-state index is 11.8. The number of aromatic nitrogens is 2. The lowest BCUT2D eigenvalue weighted by atomic mass is 10.1. The van der Waals surface area contributed by atoms with Crippen molar-refractivity contribution in [3.8, 4) is 0 Å². The molecule has 0 fully saturated rings. The van der Waals surface area contributed by atoms with Crippen LogP contribution in [-0.2, 0) is 16.4 Å². The second kappa shape index (κ2) is 5.70. The van der Waals surface area contributed by atoms with Crippen molar-refractivity contribution in [1.29, 1.82) is 0 Å². The molecule has 2 heterocycles. The van der Waals surface area contributed by atoms with Gasteiger partial charge in [-0.25, -0.2) is 13.6 Å². The van der Waals surface area contributed by atoms with Crippen molar-refractivity contribution in [3.05, 3.63) is 34.8 Å². The number of sulfonamides is 1. The summed E-state index contributed by atoms with van der Waals surface area (Å²) in [4.78, 5) is 11.8. The summed E-state index contributed by atoms with van der Waals surface area (Å²) in [5.74, 6) is -0.594. The Morgan fingerprint density at radius 1 is 1.43 bits per heavy atom. The normalized spacial score (nSPS) is 11.6. The zero-order valence-corrected chi connectivity index (χ0v) is 12.5. The SMILES string of the molecule is Cc1n[nH]c(C)c1CCNC(=O)c1ccc(S(N)(=O)=O)o1. The molecule has 2 aromatic rings. The average molecular weight is 312 g/mol. The van der Waals surface area contributed by atoms with Gasteiger partial charge in [-0.2, -0.15) is 5.10 Å². The van der Waals surface area contributed by atoms with Gasteiger partial charge in [-0.05, 0) is 38.0 Å². The first kappa shape index (κ1) is 15.3. The van der Waals surface area contributed by atoms with E-state index < -0.39 is 21.0 Å². The third-order valence-corrected chi connectivity index (χ3v) is 3.81. The summed E-state index contributed by atoms with van der Waals surface area (Å²) in [5, 5.41) is 14.0. The number of primary sulfonamides is 1. The number of carbonyl (C=O) groups excluding carboxylic acids is 1. The Balaban J connectivity index is 1.95. The van der Waals surface area contributed by atoms with Crippen LogP contribution in [0.25, 0.3) is 0 Å². The monoisotopic (exact) mass is 312 g/mol. The number of H-pyrrole nitrogens is 1. The Kier molecular flexibility index (Phi) is 4.14. The third kappa shape index (κ3) is 3.50. The summed E-state index contributed by atoms with van der Waals surface area (Å²) in [6, 6.07) is 2.41. The van der Waals surface area contributed by atoms with E-state index in [-0.39, 0.29) is 5.76 Å². The third-order valence-electron chi connectivity index (χ3n) is 3.03. The minimum Gasteiger partial charge on any atom is -0.438 e. The highest BCUT2D eigenvalue weighted by Gasteiger charge is 2.17. The van der Waals surface area contributed by atoms with Gasteiger partial charge in [0.1, 0.15) is 0 Å². The van der Waals surface area contributed by atoms with Crippen LogP contribution in [0.1, 0.15) is 27.5 Å². The number of nitrogens with zero attached hydrogens (tertiary/aromatic N) is 1. The molecule has 0 bridgehead atoms. The van der Waals surface area contributed by atoms with Crippen molar-refractivity contribution in [2.45, 2.75) is 25.4 Å². The molecule has 2 rings (SSSR count). The van der Waals surface area contributed by atoms with Crippen molar-refractivity contribution >= 4 is 15.9 Å². The summed E-state index contributed by atoms with van der Waals surface area (Å²) < 4.78 is 27.0. The molecule has 114 valence electrons. The van der Waals surface area contributed by atoms with Crippen LogP contribution in [0.3, 0.4) is 0 Å². The number of hydrogen-bond acceptors (Lipinski definition) is 5. The molecular formula is C12H16N4O4S. The van der Waals surface area contributed by atoms with Crippen LogP contribution in [0.15, 0.2) is 21.6 Å². The standard InChI is InChI=1S/C12H16N4O4S/c1-7-9(8(2)16-15-7)5-6-14-12(17)10-3-4-11(20-10)21(13,18)19/h3-4H,5-6H2,1-2H3,(H,14,17)(H,15,16)(H2,13,18,19). The molecular weight excluding hydrogens is 296 g/mol. The molecule has 9 heteroatoms. The highest BCUT2D eigenvalue weighted by atomic mass is 32.2. The van der Waals surface area contributed by atoms with E-state index in [1.54, 1.807) is 0 Å². The van der Waals surface area contributed by atoms with E-state index in [4.69, 9.17) is 9.56 Å². The van der Waals surface area contributed by atoms with E-state index >= 15 is 0 Å². The second-order valence-corrected chi connectivity index (χ2v) is 6.07. The first-order valence-electron chi connectivity index (χ1n) is 6.20. The first-order valence-corrected chi connectivity index (χ1v) is 7.75. The minimum atomic E-state index is -3.94. The molecule has 0 aliphatic heterocycles. The van der Waals surface area contributed by atoms with Crippen molar-refractivity contribution in [2.75, 3.05) is 6.54 Å². The van der Waals surface area contributed by atoms with Gasteiger partial charge >= 0.3 is 0 Å². The fourth-order valence-corrected chi connectivity index (χ4v) is 2.39. The maximum absolute atomic E-state index is 11.8. The zero-order chi connectivity index (χ0) is 15.6. The largest absolute Gasteiger partial charge is 0.438 e. The lowest BCUT2D eigenvalue weighted by Gasteiger charge is -2.03. The number of hydrogen-bond donors (Lipinski definition) is 3. The summed E-state index contributed by atoms with van der Waals surface area (Å²) in [5.41, 5.74) is 2.88. The number of aromatic amines is 1. The molecule has 0 aromatic carbocycles. The molecule has 0 saturated heterocycles. The number of nitrogens with two attached hydrogens (primary N) is 1. The van der Waals surface area contributed by atoms with Gasteiger partial charge in [-0.1, -0.05) is 0 Å². The first-order chi connectivity index (χ1) is 9.79. The molecule has 0 aliphatic rings. The molecule has 0 aliphatic carbocycles. The maximum Gasteiger partial charge on any atom is 0.287 e. The topological polar surface area (TPSA) is 131 Å². The molecule has 0 atom stereocenters. The van der Waals surface area contributed by atoms with Crippen LogP contribution in [0, 0.1) is 13.8 Å². The van der Waals surface area contributed by atoms with Crippen LogP contribution in [0.4, 0.5) is 0 Å². The van der Waals surface area contributed by atoms with Gasteiger partial charge in [-0.15, -0.1) is 0 Å². The van der Waals surface area contributed by atoms with E-state index in [0.29, 0.717) is 13.0 Å². The van der Waals surface area contributed by atoms with Gasteiger partial charge in [-0.3, -0.25) is 9.89 Å². The highest BCUT2D eigenvalue weighted by molar-refractivity contribution is 7.89. The number of nitrogens with one attached hydrogen (secondary N) is 2. The molecule has 8 nitrogen and oxygen atoms in total. The molecule has 21 heavy (non-hydrogen) atoms. The van der Waals surface area contributed by atoms with Gasteiger partial charge < -0.3 is 9.73 Å². The lowest BCUT2D eigenvalue weighted by Crippen LogP contribution is -2.25. The molecule has 1 amide bonds. The molecule has 4 N–H and O–H groups in total. The van der Waals surface area contributed by atoms with Gasteiger partial charge in [0.15, 0.2) is 5.76 Å². The van der Waals surface area contributed by atoms with Crippen molar-refractivity contribution in [1.82, 2.24) is 15.5 Å². The van der Waals surface area contributed by atoms with Gasteiger partial charge in [0.2, 0.25) is 5.09 Å². The smallest absolute Gasteiger partial charge is 0.287 e. The lowest BCUT2D eigenvalue weighted by molar-refractivity contribution is 0.0921. The molecule has 2 aromatic heterocycles. The fourth-order valence-electron chi connectivity index (χ4n) is 1.93. The van der Waals surface area contributed by atoms with Crippen molar-refractivity contribution in [3.63, 3.8) is 0 Å². The number of carbonyl (C=O) groups is 1. The second-order valence-electron chi connectivity index (χ2n) is 4.58. The molecule has 0 saturated carbocycles. The number of rotatable bonds is 5. The Hall–Kier alpha value is -2.13. The Labute approximate surface area is 121 Å². The molecule has 0 spiro atoms. The number of amides is 1. The van der Waals surface area contributed by atoms with E-state index in [2.05, 4.69) is 15.5 Å². The predicted molar refractivity (Wildman–Crippen MR) is 74.2 cm³/mol. The van der Waals surface area contributed by atoms with Crippen LogP contribution in [-0.4, -0.2) is 31.1 Å². The zero-order valence-electron chi connectivity index (χ0n) is 11.6. The van der Waals surface area contributed by atoms with Crippen molar-refractivity contribution < 1.29 is 17.6 Å². The van der Waals surface area contributed by atoms with Crippen LogP contribution >= 0.6 is 0 Å². The van der Waals surface area contributed by atoms with E-state index in [1.165, 1.54) is 6.07 Å². The van der Waals surface area contributed by atoms with Gasteiger partial charge in [0.25, 0.3) is 15.9 Å². The van der Waals surface area contributed by atoms with Crippen LogP contribution < -0.4 is 10.5 Å².